The van der Waals surface area contributed by atoms with Gasteiger partial charge in [0.25, 0.3) is 5.17 Å². The first-order valence-corrected chi connectivity index (χ1v) is 6.80. The van der Waals surface area contributed by atoms with Gasteiger partial charge in [0.05, 0.1) is 13.7 Å². The van der Waals surface area contributed by atoms with Crippen molar-refractivity contribution in [3.8, 4) is 17.6 Å². The summed E-state index contributed by atoms with van der Waals surface area (Å²) in [5.74, 6) is 6.83. The maximum atomic E-state index is 9.60. The zero-order valence-corrected chi connectivity index (χ0v) is 12.8. The average molecular weight is 317 g/mol. The molecule has 0 aliphatic carbocycles. The van der Waals surface area contributed by atoms with Crippen LogP contribution in [0.25, 0.3) is 0 Å². The van der Waals surface area contributed by atoms with Crippen molar-refractivity contribution in [3.63, 3.8) is 0 Å². The van der Waals surface area contributed by atoms with Crippen molar-refractivity contribution in [1.29, 1.82) is 0 Å². The second-order valence-corrected chi connectivity index (χ2v) is 4.60. The third kappa shape index (κ3) is 4.76. The van der Waals surface area contributed by atoms with Crippen LogP contribution >= 0.6 is 12.2 Å². The number of ether oxygens (including phenoxy) is 1. The fourth-order valence-electron chi connectivity index (χ4n) is 1.77. The number of anilines is 1. The van der Waals surface area contributed by atoms with Gasteiger partial charge in [-0.1, -0.05) is 30.0 Å². The molecule has 2 aromatic rings. The molecular weight excluding hydrogens is 301 g/mol. The summed E-state index contributed by atoms with van der Waals surface area (Å²) in [6, 6.07) is 16.9. The quantitative estimate of drug-likeness (QED) is 0.693. The Hall–Kier alpha value is -2.58. The molecule has 0 aliphatic rings. The Balaban J connectivity index is 0.00000242. The van der Waals surface area contributed by atoms with E-state index >= 15 is 0 Å². The highest BCUT2D eigenvalue weighted by molar-refractivity contribution is 7.80. The first kappa shape index (κ1) is 17.5. The Labute approximate surface area is 134 Å². The van der Waals surface area contributed by atoms with Crippen molar-refractivity contribution in [2.45, 2.75) is 0 Å². The predicted octanol–water partition coefficient (Wildman–Crippen LogP) is 3.55. The second-order valence-electron chi connectivity index (χ2n) is 4.23. The number of benzene rings is 2. The van der Waals surface area contributed by atoms with Crippen molar-refractivity contribution in [1.82, 2.24) is 0 Å². The average Bonchev–Trinajstić information content (AvgIpc) is 2.52. The lowest BCUT2D eigenvalue weighted by Crippen LogP contribution is -2.29. The summed E-state index contributed by atoms with van der Waals surface area (Å²) in [5, 5.41) is 9.41. The number of methoxy groups -OCH3 is 1. The molecule has 0 aromatic heterocycles. The highest BCUT2D eigenvalue weighted by Crippen LogP contribution is 2.13. The standard InChI is InChI=1S/C17H15NO2S.FH/c1-20-16-11-9-14(10-12-16)6-5-13-18(17(19)21)15-7-3-2-4-8-15;/h2-4,7-12H,13H2,1H3,(H,19,21);1H. The number of aliphatic hydroxyl groups is 1. The summed E-state index contributed by atoms with van der Waals surface area (Å²) in [5.41, 5.74) is 1.70. The first-order valence-electron chi connectivity index (χ1n) is 6.39. The summed E-state index contributed by atoms with van der Waals surface area (Å²) in [4.78, 5) is 1.58. The van der Waals surface area contributed by atoms with Gasteiger partial charge in [-0.15, -0.1) is 0 Å². The molecule has 0 saturated carbocycles. The predicted molar refractivity (Wildman–Crippen MR) is 91.4 cm³/mol. The molecule has 0 atom stereocenters. The Bertz CT molecular complexity index is 663. The van der Waals surface area contributed by atoms with Crippen LogP contribution in [0.15, 0.2) is 54.6 Å². The molecular formula is C17H16FNO2S. The molecule has 0 bridgehead atoms. The molecule has 0 saturated heterocycles. The number of halogens is 1. The molecule has 0 spiro atoms. The van der Waals surface area contributed by atoms with E-state index in [0.717, 1.165) is 17.0 Å². The minimum Gasteiger partial charge on any atom is -0.497 e. The lowest BCUT2D eigenvalue weighted by atomic mass is 10.2. The van der Waals surface area contributed by atoms with Crippen molar-refractivity contribution >= 4 is 23.1 Å². The Morgan fingerprint density at radius 3 is 2.32 bits per heavy atom. The van der Waals surface area contributed by atoms with E-state index in [4.69, 9.17) is 17.0 Å². The lowest BCUT2D eigenvalue weighted by molar-refractivity contribution is 0.415. The van der Waals surface area contributed by atoms with Crippen LogP contribution in [0.1, 0.15) is 5.56 Å². The zero-order chi connectivity index (χ0) is 15.1. The van der Waals surface area contributed by atoms with E-state index in [1.807, 2.05) is 54.6 Å². The van der Waals surface area contributed by atoms with Gasteiger partial charge in [-0.3, -0.25) is 9.60 Å². The minimum absolute atomic E-state index is 0. The molecule has 0 heterocycles. The summed E-state index contributed by atoms with van der Waals surface area (Å²) in [7, 11) is 1.63. The normalized spacial score (nSPS) is 8.95. The summed E-state index contributed by atoms with van der Waals surface area (Å²) in [6.45, 7) is 0.325. The third-order valence-corrected chi connectivity index (χ3v) is 3.08. The number of aliphatic hydroxyl groups excluding tert-OH is 1. The van der Waals surface area contributed by atoms with Crippen LogP contribution < -0.4 is 9.64 Å². The van der Waals surface area contributed by atoms with Gasteiger partial charge in [-0.2, -0.15) is 0 Å². The molecule has 0 amide bonds. The summed E-state index contributed by atoms with van der Waals surface area (Å²) in [6.07, 6.45) is 0. The highest BCUT2D eigenvalue weighted by atomic mass is 32.1. The van der Waals surface area contributed by atoms with Crippen LogP contribution in [-0.4, -0.2) is 23.9 Å². The molecule has 3 nitrogen and oxygen atoms in total. The molecule has 2 aromatic carbocycles. The number of para-hydroxylation sites is 1. The van der Waals surface area contributed by atoms with Crippen LogP contribution in [0.2, 0.25) is 0 Å². The van der Waals surface area contributed by atoms with Gasteiger partial charge in [-0.05, 0) is 48.6 Å². The smallest absolute Gasteiger partial charge is 0.262 e. The SMILES string of the molecule is COc1ccc(C#CCN(C(O)=S)c2ccccc2)cc1.F. The van der Waals surface area contributed by atoms with Crippen LogP contribution in [-0.2, 0) is 0 Å². The van der Waals surface area contributed by atoms with E-state index in [9.17, 15) is 5.11 Å². The van der Waals surface area contributed by atoms with Crippen LogP contribution in [0.4, 0.5) is 10.4 Å². The van der Waals surface area contributed by atoms with Gasteiger partial charge in [0.2, 0.25) is 0 Å². The molecule has 114 valence electrons. The van der Waals surface area contributed by atoms with Crippen molar-refractivity contribution < 1.29 is 14.5 Å². The van der Waals surface area contributed by atoms with E-state index in [1.54, 1.807) is 12.0 Å². The molecule has 0 radical (unpaired) electrons. The van der Waals surface area contributed by atoms with Crippen molar-refractivity contribution in [3.05, 3.63) is 60.2 Å². The Morgan fingerprint density at radius 2 is 1.77 bits per heavy atom. The Morgan fingerprint density at radius 1 is 1.14 bits per heavy atom. The number of hydrogen-bond acceptors (Lipinski definition) is 2. The molecule has 5 heteroatoms. The third-order valence-electron chi connectivity index (χ3n) is 2.86. The highest BCUT2D eigenvalue weighted by Gasteiger charge is 2.08. The Kier molecular flexibility index (Phi) is 6.87. The zero-order valence-electron chi connectivity index (χ0n) is 12.0. The first-order chi connectivity index (χ1) is 10.2. The van der Waals surface area contributed by atoms with Crippen molar-refractivity contribution in [2.75, 3.05) is 18.6 Å². The fraction of sp³-hybridized carbons (Fsp3) is 0.118. The molecule has 0 fully saturated rings. The number of thiocarbonyl (C=S) groups is 1. The van der Waals surface area contributed by atoms with Gasteiger partial charge >= 0.3 is 0 Å². The van der Waals surface area contributed by atoms with Gasteiger partial charge in [0.15, 0.2) is 0 Å². The van der Waals surface area contributed by atoms with E-state index < -0.39 is 0 Å². The number of nitrogens with zero attached hydrogens (tertiary/aromatic N) is 1. The molecule has 22 heavy (non-hydrogen) atoms. The topological polar surface area (TPSA) is 32.7 Å². The van der Waals surface area contributed by atoms with Crippen molar-refractivity contribution in [2.24, 2.45) is 0 Å². The summed E-state index contributed by atoms with van der Waals surface area (Å²) >= 11 is 4.86. The molecule has 1 N–H and O–H groups in total. The second kappa shape index (κ2) is 8.65. The van der Waals surface area contributed by atoms with Gasteiger partial charge < -0.3 is 9.84 Å². The van der Waals surface area contributed by atoms with Crippen LogP contribution in [0, 0.1) is 11.8 Å². The summed E-state index contributed by atoms with van der Waals surface area (Å²) < 4.78 is 5.09. The van der Waals surface area contributed by atoms with E-state index in [1.165, 1.54) is 0 Å². The van der Waals surface area contributed by atoms with Crippen LogP contribution in [0.5, 0.6) is 5.75 Å². The lowest BCUT2D eigenvalue weighted by Gasteiger charge is -2.18. The monoisotopic (exact) mass is 317 g/mol. The van der Waals surface area contributed by atoms with Crippen LogP contribution in [0.3, 0.4) is 0 Å². The molecule has 0 unspecified atom stereocenters. The van der Waals surface area contributed by atoms with Gasteiger partial charge in [-0.25, -0.2) is 0 Å². The maximum Gasteiger partial charge on any atom is 0.262 e. The number of hydrogen-bond donors (Lipinski definition) is 1. The maximum absolute atomic E-state index is 9.60. The molecule has 0 aliphatic heterocycles. The van der Waals surface area contributed by atoms with Gasteiger partial charge in [0.1, 0.15) is 5.75 Å². The fourth-order valence-corrected chi connectivity index (χ4v) is 1.94. The molecule has 2 rings (SSSR count). The minimum atomic E-state index is -0.190. The number of rotatable bonds is 3. The largest absolute Gasteiger partial charge is 0.497 e. The van der Waals surface area contributed by atoms with E-state index in [0.29, 0.717) is 6.54 Å². The van der Waals surface area contributed by atoms with Gasteiger partial charge in [0, 0.05) is 11.3 Å². The van der Waals surface area contributed by atoms with E-state index in [-0.39, 0.29) is 9.88 Å². The van der Waals surface area contributed by atoms with E-state index in [2.05, 4.69) is 11.8 Å².